The van der Waals surface area contributed by atoms with Crippen molar-refractivity contribution in [3.05, 3.63) is 48.3 Å². The number of guanidine groups is 1. The van der Waals surface area contributed by atoms with E-state index < -0.39 is 5.60 Å². The SMILES string of the molecule is CC(C)(C)OC(=O)N1CCN2C(NCc3cnn(-c4ccccc4)c3)=NCC2C1. The first-order chi connectivity index (χ1) is 13.9. The molecule has 1 amide bonds. The van der Waals surface area contributed by atoms with Crippen molar-refractivity contribution in [1.29, 1.82) is 0 Å². The van der Waals surface area contributed by atoms with E-state index in [0.29, 0.717) is 26.2 Å². The van der Waals surface area contributed by atoms with Gasteiger partial charge in [-0.15, -0.1) is 0 Å². The maximum atomic E-state index is 12.3. The third-order valence-corrected chi connectivity index (χ3v) is 4.97. The summed E-state index contributed by atoms with van der Waals surface area (Å²) in [4.78, 5) is 21.0. The highest BCUT2D eigenvalue weighted by Gasteiger charge is 2.36. The summed E-state index contributed by atoms with van der Waals surface area (Å²) in [6.45, 7) is 9.04. The first-order valence-corrected chi connectivity index (χ1v) is 10.0. The number of amides is 1. The molecule has 0 radical (unpaired) electrons. The normalized spacial score (nSPS) is 19.0. The second-order valence-corrected chi connectivity index (χ2v) is 8.42. The number of piperazine rings is 1. The minimum atomic E-state index is -0.475. The van der Waals surface area contributed by atoms with E-state index in [1.54, 1.807) is 4.90 Å². The fourth-order valence-corrected chi connectivity index (χ4v) is 3.58. The van der Waals surface area contributed by atoms with Gasteiger partial charge in [-0.05, 0) is 32.9 Å². The maximum Gasteiger partial charge on any atom is 0.410 e. The molecule has 2 aromatic rings. The van der Waals surface area contributed by atoms with Gasteiger partial charge in [-0.3, -0.25) is 4.99 Å². The van der Waals surface area contributed by atoms with Crippen LogP contribution < -0.4 is 5.32 Å². The highest BCUT2D eigenvalue weighted by atomic mass is 16.6. The lowest BCUT2D eigenvalue weighted by atomic mass is 10.2. The zero-order chi connectivity index (χ0) is 20.4. The fraction of sp³-hybridized carbons (Fsp3) is 0.476. The molecule has 1 aromatic heterocycles. The first kappa shape index (κ1) is 19.3. The van der Waals surface area contributed by atoms with Crippen LogP contribution in [0.2, 0.25) is 0 Å². The molecule has 29 heavy (non-hydrogen) atoms. The molecular weight excluding hydrogens is 368 g/mol. The molecule has 1 atom stereocenters. The van der Waals surface area contributed by atoms with Crippen LogP contribution >= 0.6 is 0 Å². The average molecular weight is 396 g/mol. The number of para-hydroxylation sites is 1. The second kappa shape index (κ2) is 7.77. The van der Waals surface area contributed by atoms with Crippen molar-refractivity contribution in [2.45, 2.75) is 39.0 Å². The van der Waals surface area contributed by atoms with Gasteiger partial charge in [0.25, 0.3) is 0 Å². The third-order valence-electron chi connectivity index (χ3n) is 4.97. The molecule has 0 aliphatic carbocycles. The van der Waals surface area contributed by atoms with Gasteiger partial charge < -0.3 is 19.9 Å². The van der Waals surface area contributed by atoms with Gasteiger partial charge in [-0.1, -0.05) is 18.2 Å². The summed E-state index contributed by atoms with van der Waals surface area (Å²) in [5.74, 6) is 0.895. The molecule has 0 saturated carbocycles. The van der Waals surface area contributed by atoms with Crippen LogP contribution in [0, 0.1) is 0 Å². The Morgan fingerprint density at radius 3 is 2.79 bits per heavy atom. The standard InChI is InChI=1S/C21H28N6O2/c1-21(2,3)29-20(28)25-9-10-26-18(15-25)13-23-19(26)22-11-16-12-24-27(14-16)17-7-5-4-6-8-17/h4-8,12,14,18H,9-11,13,15H2,1-3H3,(H,22,23). The van der Waals surface area contributed by atoms with Crippen molar-refractivity contribution >= 4 is 12.1 Å². The predicted octanol–water partition coefficient (Wildman–Crippen LogP) is 2.25. The number of aliphatic imine (C=N–C) groups is 1. The average Bonchev–Trinajstić information content (AvgIpc) is 3.32. The predicted molar refractivity (Wildman–Crippen MR) is 111 cm³/mol. The van der Waals surface area contributed by atoms with Crippen molar-refractivity contribution in [3.63, 3.8) is 0 Å². The number of rotatable bonds is 3. The molecule has 1 aromatic carbocycles. The number of aromatic nitrogens is 2. The van der Waals surface area contributed by atoms with Gasteiger partial charge in [0.05, 0.1) is 24.5 Å². The van der Waals surface area contributed by atoms with Crippen LogP contribution in [-0.2, 0) is 11.3 Å². The molecule has 3 heterocycles. The minimum Gasteiger partial charge on any atom is -0.444 e. The number of fused-ring (bicyclic) bond motifs is 1. The molecule has 1 saturated heterocycles. The number of nitrogens with zero attached hydrogens (tertiary/aromatic N) is 5. The van der Waals surface area contributed by atoms with E-state index in [0.717, 1.165) is 23.8 Å². The van der Waals surface area contributed by atoms with Gasteiger partial charge in [0.1, 0.15) is 5.60 Å². The molecule has 8 nitrogen and oxygen atoms in total. The van der Waals surface area contributed by atoms with E-state index >= 15 is 0 Å². The molecular formula is C21H28N6O2. The van der Waals surface area contributed by atoms with Crippen LogP contribution in [0.3, 0.4) is 0 Å². The Balaban J connectivity index is 1.30. The molecule has 154 valence electrons. The smallest absolute Gasteiger partial charge is 0.410 e. The molecule has 0 bridgehead atoms. The Morgan fingerprint density at radius 1 is 1.24 bits per heavy atom. The van der Waals surface area contributed by atoms with Crippen LogP contribution in [0.1, 0.15) is 26.3 Å². The summed E-state index contributed by atoms with van der Waals surface area (Å²) in [6.07, 6.45) is 3.65. The number of carbonyl (C=O) groups excluding carboxylic acids is 1. The fourth-order valence-electron chi connectivity index (χ4n) is 3.58. The Morgan fingerprint density at radius 2 is 2.03 bits per heavy atom. The van der Waals surface area contributed by atoms with E-state index in [4.69, 9.17) is 4.74 Å². The third kappa shape index (κ3) is 4.52. The van der Waals surface area contributed by atoms with Crippen molar-refractivity contribution < 1.29 is 9.53 Å². The molecule has 0 spiro atoms. The van der Waals surface area contributed by atoms with Crippen molar-refractivity contribution in [1.82, 2.24) is 24.9 Å². The van der Waals surface area contributed by atoms with Gasteiger partial charge >= 0.3 is 6.09 Å². The Bertz CT molecular complexity index is 886. The van der Waals surface area contributed by atoms with E-state index in [1.807, 2.05) is 68.2 Å². The molecule has 1 fully saturated rings. The van der Waals surface area contributed by atoms with Crippen LogP contribution in [0.5, 0.6) is 0 Å². The summed E-state index contributed by atoms with van der Waals surface area (Å²) in [5.41, 5.74) is 1.65. The summed E-state index contributed by atoms with van der Waals surface area (Å²) < 4.78 is 7.37. The van der Waals surface area contributed by atoms with Gasteiger partial charge in [0.2, 0.25) is 0 Å². The Labute approximate surface area is 171 Å². The highest BCUT2D eigenvalue weighted by molar-refractivity contribution is 5.82. The van der Waals surface area contributed by atoms with Gasteiger partial charge in [0, 0.05) is 37.9 Å². The van der Waals surface area contributed by atoms with Crippen LogP contribution in [0.15, 0.2) is 47.7 Å². The lowest BCUT2D eigenvalue weighted by molar-refractivity contribution is 0.0137. The number of benzene rings is 1. The second-order valence-electron chi connectivity index (χ2n) is 8.42. The molecule has 2 aliphatic rings. The Kier molecular flexibility index (Phi) is 5.17. The van der Waals surface area contributed by atoms with Gasteiger partial charge in [-0.2, -0.15) is 5.10 Å². The topological polar surface area (TPSA) is 75.0 Å². The molecule has 4 rings (SSSR count). The van der Waals surface area contributed by atoms with Gasteiger partial charge in [-0.25, -0.2) is 9.48 Å². The van der Waals surface area contributed by atoms with Crippen LogP contribution in [-0.4, -0.2) is 69.5 Å². The molecule has 2 aliphatic heterocycles. The van der Waals surface area contributed by atoms with Crippen molar-refractivity contribution in [2.75, 3.05) is 26.2 Å². The monoisotopic (exact) mass is 396 g/mol. The summed E-state index contributed by atoms with van der Waals surface area (Å²) >= 11 is 0. The van der Waals surface area contributed by atoms with Crippen LogP contribution in [0.4, 0.5) is 4.79 Å². The van der Waals surface area contributed by atoms with E-state index in [1.165, 1.54) is 0 Å². The lowest BCUT2D eigenvalue weighted by Crippen LogP contribution is -2.57. The number of nitrogens with one attached hydrogen (secondary N) is 1. The van der Waals surface area contributed by atoms with Gasteiger partial charge in [0.15, 0.2) is 5.96 Å². The largest absolute Gasteiger partial charge is 0.444 e. The summed E-state index contributed by atoms with van der Waals surface area (Å²) in [6, 6.07) is 10.2. The number of hydrogen-bond acceptors (Lipinski definition) is 6. The first-order valence-electron chi connectivity index (χ1n) is 10.0. The number of carbonyl (C=O) groups is 1. The van der Waals surface area contributed by atoms with E-state index in [9.17, 15) is 4.79 Å². The molecule has 1 unspecified atom stereocenters. The van der Waals surface area contributed by atoms with Crippen molar-refractivity contribution in [2.24, 2.45) is 4.99 Å². The maximum absolute atomic E-state index is 12.3. The molecule has 8 heteroatoms. The number of hydrogen-bond donors (Lipinski definition) is 1. The highest BCUT2D eigenvalue weighted by Crippen LogP contribution is 2.19. The lowest BCUT2D eigenvalue weighted by Gasteiger charge is -2.39. The quantitative estimate of drug-likeness (QED) is 0.861. The molecule has 1 N–H and O–H groups in total. The summed E-state index contributed by atoms with van der Waals surface area (Å²) in [7, 11) is 0. The number of ether oxygens (including phenoxy) is 1. The summed E-state index contributed by atoms with van der Waals surface area (Å²) in [5, 5.41) is 7.87. The Hall–Kier alpha value is -3.03. The zero-order valence-corrected chi connectivity index (χ0v) is 17.2. The van der Waals surface area contributed by atoms with Crippen molar-refractivity contribution in [3.8, 4) is 5.69 Å². The van der Waals surface area contributed by atoms with E-state index in [-0.39, 0.29) is 12.1 Å². The zero-order valence-electron chi connectivity index (χ0n) is 17.2. The minimum absolute atomic E-state index is 0.200. The van der Waals surface area contributed by atoms with Crippen LogP contribution in [0.25, 0.3) is 5.69 Å². The van der Waals surface area contributed by atoms with E-state index in [2.05, 4.69) is 20.3 Å².